The Labute approximate surface area is 249 Å². The van der Waals surface area contributed by atoms with Crippen LogP contribution >= 0.6 is 0 Å². The van der Waals surface area contributed by atoms with Gasteiger partial charge >= 0.3 is 0 Å². The first kappa shape index (κ1) is 31.6. The number of aromatic nitrogens is 4. The zero-order chi connectivity index (χ0) is 31.5. The van der Waals surface area contributed by atoms with E-state index in [1.54, 1.807) is 14.0 Å². The number of pyridine rings is 1. The molecule has 5 rings (SSSR count). The summed E-state index contributed by atoms with van der Waals surface area (Å²) < 4.78 is 2.51. The summed E-state index contributed by atoms with van der Waals surface area (Å²) in [5.41, 5.74) is -0.439. The van der Waals surface area contributed by atoms with E-state index in [1.165, 1.54) is 40.3 Å². The summed E-state index contributed by atoms with van der Waals surface area (Å²) in [6, 6.07) is 1.65. The van der Waals surface area contributed by atoms with Gasteiger partial charge in [-0.15, -0.1) is 5.10 Å². The molecule has 0 spiro atoms. The summed E-state index contributed by atoms with van der Waals surface area (Å²) in [5, 5.41) is 14.4. The van der Waals surface area contributed by atoms with Crippen molar-refractivity contribution in [3.05, 3.63) is 40.8 Å². The molecule has 5 atom stereocenters. The monoisotopic (exact) mass is 596 g/mol. The first-order chi connectivity index (χ1) is 20.3. The quantitative estimate of drug-likeness (QED) is 0.253. The molecule has 0 unspecified atom stereocenters. The number of nitrogens with zero attached hydrogens (tertiary/aromatic N) is 4. The van der Waals surface area contributed by atoms with Crippen molar-refractivity contribution in [1.29, 1.82) is 0 Å². The van der Waals surface area contributed by atoms with Gasteiger partial charge in [-0.25, -0.2) is 4.98 Å². The standard InChI is InChI=1S/C29H40N8O6/c1-6-30-26(41)22(38)10-9-19(33-27(42)24-31-15-36(5)35-24)25(40)34-20-8-7-11-37(28(20)43)14-23(39)32-21-13-17-12-18(16(21)2)29(17,3)4/h7-8,11,15-19,21H,6,9-10,12-14H2,1-5H3,(H,30,41)(H,32,39)(H,33,42)(H,34,40)/t16-,17+,18-,19+,21-/m1/s1. The van der Waals surface area contributed by atoms with Gasteiger partial charge < -0.3 is 25.8 Å². The van der Waals surface area contributed by atoms with Crippen LogP contribution in [0.3, 0.4) is 0 Å². The molecule has 0 saturated heterocycles. The Kier molecular flexibility index (Phi) is 9.46. The molecule has 3 aliphatic rings. The zero-order valence-electron chi connectivity index (χ0n) is 25.2. The Hall–Kier alpha value is -4.36. The number of rotatable bonds is 12. The van der Waals surface area contributed by atoms with Crippen LogP contribution in [0.15, 0.2) is 29.5 Å². The summed E-state index contributed by atoms with van der Waals surface area (Å²) in [7, 11) is 1.57. The molecule has 3 aliphatic carbocycles. The van der Waals surface area contributed by atoms with E-state index in [1.807, 2.05) is 0 Å². The molecule has 4 amide bonds. The molecule has 0 aromatic carbocycles. The van der Waals surface area contributed by atoms with E-state index in [4.69, 9.17) is 0 Å². The number of ketones is 1. The molecule has 2 aromatic rings. The van der Waals surface area contributed by atoms with Gasteiger partial charge in [-0.1, -0.05) is 20.8 Å². The van der Waals surface area contributed by atoms with E-state index in [2.05, 4.69) is 52.1 Å². The predicted molar refractivity (Wildman–Crippen MR) is 156 cm³/mol. The fraction of sp³-hybridized carbons (Fsp3) is 0.586. The first-order valence-corrected chi connectivity index (χ1v) is 14.6. The second-order valence-electron chi connectivity index (χ2n) is 12.1. The van der Waals surface area contributed by atoms with E-state index in [0.717, 1.165) is 6.42 Å². The minimum absolute atomic E-state index is 0.0444. The second-order valence-corrected chi connectivity index (χ2v) is 12.1. The molecule has 2 heterocycles. The number of likely N-dealkylation sites (N-methyl/N-ethyl adjacent to an activating group) is 1. The van der Waals surface area contributed by atoms with Crippen molar-refractivity contribution in [3.8, 4) is 0 Å². The highest BCUT2D eigenvalue weighted by Crippen LogP contribution is 2.61. The topological polar surface area (TPSA) is 186 Å². The minimum atomic E-state index is -1.30. The average Bonchev–Trinajstić information content (AvgIpc) is 3.40. The van der Waals surface area contributed by atoms with E-state index < -0.39 is 35.1 Å². The number of aryl methyl sites for hydroxylation is 1. The number of anilines is 1. The Morgan fingerprint density at radius 3 is 2.53 bits per heavy atom. The van der Waals surface area contributed by atoms with Crippen molar-refractivity contribution in [1.82, 2.24) is 35.3 Å². The van der Waals surface area contributed by atoms with E-state index in [-0.39, 0.29) is 54.8 Å². The minimum Gasteiger partial charge on any atom is -0.352 e. The summed E-state index contributed by atoms with van der Waals surface area (Å²) in [4.78, 5) is 80.0. The third-order valence-corrected chi connectivity index (χ3v) is 8.97. The van der Waals surface area contributed by atoms with Crippen LogP contribution in [0.1, 0.15) is 64.0 Å². The lowest BCUT2D eigenvalue weighted by molar-refractivity contribution is -0.138. The van der Waals surface area contributed by atoms with Crippen LogP contribution < -0.4 is 26.8 Å². The number of carbonyl (C=O) groups is 5. The van der Waals surface area contributed by atoms with Crippen LogP contribution in [-0.2, 0) is 32.8 Å². The summed E-state index contributed by atoms with van der Waals surface area (Å²) in [6.45, 7) is 8.43. The van der Waals surface area contributed by atoms with Crippen molar-refractivity contribution in [2.75, 3.05) is 11.9 Å². The maximum absolute atomic E-state index is 13.3. The van der Waals surface area contributed by atoms with Gasteiger partial charge in [0.25, 0.3) is 17.4 Å². The number of nitrogens with one attached hydrogen (secondary N) is 4. The van der Waals surface area contributed by atoms with Crippen LogP contribution in [0.25, 0.3) is 0 Å². The molecule has 0 aliphatic heterocycles. The predicted octanol–water partition coefficient (Wildman–Crippen LogP) is 0.386. The highest BCUT2D eigenvalue weighted by Gasteiger charge is 2.56. The molecule has 3 saturated carbocycles. The lowest BCUT2D eigenvalue weighted by atomic mass is 9.45. The summed E-state index contributed by atoms with van der Waals surface area (Å²) in [5.74, 6) is -2.15. The van der Waals surface area contributed by atoms with Crippen molar-refractivity contribution in [2.24, 2.45) is 30.2 Å². The van der Waals surface area contributed by atoms with Crippen LogP contribution in [-0.4, -0.2) is 67.4 Å². The van der Waals surface area contributed by atoms with Gasteiger partial charge in [0, 0.05) is 32.3 Å². The van der Waals surface area contributed by atoms with Crippen LogP contribution in [0.4, 0.5) is 5.69 Å². The van der Waals surface area contributed by atoms with Crippen molar-refractivity contribution >= 4 is 35.1 Å². The smallest absolute Gasteiger partial charge is 0.291 e. The average molecular weight is 597 g/mol. The van der Waals surface area contributed by atoms with E-state index >= 15 is 0 Å². The largest absolute Gasteiger partial charge is 0.352 e. The van der Waals surface area contributed by atoms with Crippen molar-refractivity contribution < 1.29 is 24.0 Å². The fourth-order valence-electron chi connectivity index (χ4n) is 6.31. The molecule has 0 radical (unpaired) electrons. The van der Waals surface area contributed by atoms with Gasteiger partial charge in [0.1, 0.15) is 24.6 Å². The van der Waals surface area contributed by atoms with Gasteiger partial charge in [0.2, 0.25) is 23.4 Å². The molecule has 14 heteroatoms. The van der Waals surface area contributed by atoms with Crippen molar-refractivity contribution in [2.45, 2.75) is 72.0 Å². The number of Topliss-reactive ketones (excluding diaryl/α,β-unsaturated/α-hetero) is 1. The maximum Gasteiger partial charge on any atom is 0.291 e. The SMILES string of the molecule is CCNC(=O)C(=O)CC[C@H](NC(=O)c1ncn(C)n1)C(=O)Nc1cccn(CC(=O)N[C@@H]2C[C@@H]3C[C@H]([C@H]2C)C3(C)C)c1=O. The molecule has 14 nitrogen and oxygen atoms in total. The Bertz CT molecular complexity index is 1460. The van der Waals surface area contributed by atoms with Crippen LogP contribution in [0.5, 0.6) is 0 Å². The number of amides is 4. The van der Waals surface area contributed by atoms with Crippen molar-refractivity contribution in [3.63, 3.8) is 0 Å². The lowest BCUT2D eigenvalue weighted by Crippen LogP contribution is -2.60. The Morgan fingerprint density at radius 1 is 1.16 bits per heavy atom. The number of carbonyl (C=O) groups excluding carboxylic acids is 5. The van der Waals surface area contributed by atoms with Gasteiger partial charge in [0.15, 0.2) is 0 Å². The highest BCUT2D eigenvalue weighted by molar-refractivity contribution is 6.36. The summed E-state index contributed by atoms with van der Waals surface area (Å²) in [6.07, 6.45) is 4.30. The molecule has 232 valence electrons. The fourth-order valence-corrected chi connectivity index (χ4v) is 6.31. The van der Waals surface area contributed by atoms with Crippen LogP contribution in [0, 0.1) is 23.2 Å². The number of hydrogen-bond acceptors (Lipinski definition) is 8. The number of fused-ring (bicyclic) bond motifs is 2. The normalized spacial score (nSPS) is 22.4. The molecular weight excluding hydrogens is 556 g/mol. The molecule has 2 bridgehead atoms. The van der Waals surface area contributed by atoms with Gasteiger partial charge in [-0.3, -0.25) is 33.4 Å². The molecule has 3 fully saturated rings. The maximum atomic E-state index is 13.3. The summed E-state index contributed by atoms with van der Waals surface area (Å²) >= 11 is 0. The van der Waals surface area contributed by atoms with Crippen LogP contribution in [0.2, 0.25) is 0 Å². The first-order valence-electron chi connectivity index (χ1n) is 14.6. The van der Waals surface area contributed by atoms with Gasteiger partial charge in [0.05, 0.1) is 0 Å². The number of hydrogen-bond donors (Lipinski definition) is 4. The highest BCUT2D eigenvalue weighted by atomic mass is 16.2. The zero-order valence-corrected chi connectivity index (χ0v) is 25.2. The van der Waals surface area contributed by atoms with Gasteiger partial charge in [-0.2, -0.15) is 0 Å². The van der Waals surface area contributed by atoms with Gasteiger partial charge in [-0.05, 0) is 61.5 Å². The third-order valence-electron chi connectivity index (χ3n) is 8.97. The Morgan fingerprint density at radius 2 is 1.91 bits per heavy atom. The lowest BCUT2D eigenvalue weighted by Gasteiger charge is -2.62. The molecule has 4 N–H and O–H groups in total. The second kappa shape index (κ2) is 12.9. The van der Waals surface area contributed by atoms with E-state index in [0.29, 0.717) is 17.8 Å². The van der Waals surface area contributed by atoms with E-state index in [9.17, 15) is 28.8 Å². The third kappa shape index (κ3) is 7.00. The molecule has 2 aromatic heterocycles. The molecule has 43 heavy (non-hydrogen) atoms. The Balaban J connectivity index is 1.42. The molecular formula is C29H40N8O6.